The SMILES string of the molecule is Cc1ccc(SCC(=O)N(C)Cc2cccc(F)c2)cc1. The molecule has 21 heavy (non-hydrogen) atoms. The van der Waals surface area contributed by atoms with Gasteiger partial charge < -0.3 is 4.90 Å². The summed E-state index contributed by atoms with van der Waals surface area (Å²) in [5.41, 5.74) is 2.00. The van der Waals surface area contributed by atoms with Crippen LogP contribution in [0.1, 0.15) is 11.1 Å². The largest absolute Gasteiger partial charge is 0.341 e. The first-order valence-corrected chi connectivity index (χ1v) is 7.71. The molecule has 4 heteroatoms. The van der Waals surface area contributed by atoms with Crippen LogP contribution >= 0.6 is 11.8 Å². The second-order valence-corrected chi connectivity index (χ2v) is 6.03. The van der Waals surface area contributed by atoms with E-state index in [1.54, 1.807) is 18.0 Å². The third kappa shape index (κ3) is 4.90. The number of hydrogen-bond acceptors (Lipinski definition) is 2. The van der Waals surface area contributed by atoms with Crippen LogP contribution in [0.3, 0.4) is 0 Å². The summed E-state index contributed by atoms with van der Waals surface area (Å²) in [7, 11) is 1.74. The smallest absolute Gasteiger partial charge is 0.232 e. The summed E-state index contributed by atoms with van der Waals surface area (Å²) in [6.07, 6.45) is 0. The highest BCUT2D eigenvalue weighted by Gasteiger charge is 2.10. The van der Waals surface area contributed by atoms with Gasteiger partial charge in [-0.25, -0.2) is 4.39 Å². The van der Waals surface area contributed by atoms with Gasteiger partial charge in [0.25, 0.3) is 0 Å². The number of benzene rings is 2. The highest BCUT2D eigenvalue weighted by molar-refractivity contribution is 8.00. The van der Waals surface area contributed by atoms with Gasteiger partial charge in [-0.05, 0) is 36.8 Å². The van der Waals surface area contributed by atoms with Gasteiger partial charge in [-0.2, -0.15) is 0 Å². The zero-order valence-electron chi connectivity index (χ0n) is 12.2. The van der Waals surface area contributed by atoms with Crippen LogP contribution in [0.5, 0.6) is 0 Å². The summed E-state index contributed by atoms with van der Waals surface area (Å²) in [5, 5.41) is 0. The topological polar surface area (TPSA) is 20.3 Å². The van der Waals surface area contributed by atoms with Gasteiger partial charge in [0.1, 0.15) is 5.82 Å². The zero-order valence-corrected chi connectivity index (χ0v) is 13.0. The van der Waals surface area contributed by atoms with Crippen LogP contribution in [0.2, 0.25) is 0 Å². The molecule has 2 aromatic carbocycles. The Morgan fingerprint density at radius 3 is 2.57 bits per heavy atom. The van der Waals surface area contributed by atoms with Crippen molar-refractivity contribution < 1.29 is 9.18 Å². The van der Waals surface area contributed by atoms with Gasteiger partial charge in [-0.3, -0.25) is 4.79 Å². The average Bonchev–Trinajstić information content (AvgIpc) is 2.46. The summed E-state index contributed by atoms with van der Waals surface area (Å²) in [6, 6.07) is 14.4. The second-order valence-electron chi connectivity index (χ2n) is 4.98. The lowest BCUT2D eigenvalue weighted by Gasteiger charge is -2.17. The molecule has 0 saturated carbocycles. The number of amides is 1. The van der Waals surface area contributed by atoms with Gasteiger partial charge in [0, 0.05) is 18.5 Å². The van der Waals surface area contributed by atoms with Crippen molar-refractivity contribution in [1.29, 1.82) is 0 Å². The van der Waals surface area contributed by atoms with E-state index in [1.165, 1.54) is 29.5 Å². The van der Waals surface area contributed by atoms with Crippen LogP contribution in [0.25, 0.3) is 0 Å². The molecular weight excluding hydrogens is 285 g/mol. The van der Waals surface area contributed by atoms with E-state index in [0.717, 1.165) is 10.5 Å². The Labute approximate surface area is 129 Å². The molecule has 0 aromatic heterocycles. The Morgan fingerprint density at radius 1 is 1.19 bits per heavy atom. The molecule has 0 fully saturated rings. The van der Waals surface area contributed by atoms with Gasteiger partial charge >= 0.3 is 0 Å². The Hall–Kier alpha value is -1.81. The van der Waals surface area contributed by atoms with Gasteiger partial charge in [0.15, 0.2) is 0 Å². The molecular formula is C17H18FNOS. The molecule has 2 aromatic rings. The fourth-order valence-electron chi connectivity index (χ4n) is 1.89. The second kappa shape index (κ2) is 7.27. The van der Waals surface area contributed by atoms with Crippen molar-refractivity contribution in [3.63, 3.8) is 0 Å². The summed E-state index contributed by atoms with van der Waals surface area (Å²) < 4.78 is 13.1. The minimum atomic E-state index is -0.276. The van der Waals surface area contributed by atoms with Crippen molar-refractivity contribution in [3.05, 3.63) is 65.5 Å². The van der Waals surface area contributed by atoms with Crippen LogP contribution in [-0.2, 0) is 11.3 Å². The van der Waals surface area contributed by atoms with Crippen LogP contribution < -0.4 is 0 Å². The molecule has 0 aliphatic rings. The fourth-order valence-corrected chi connectivity index (χ4v) is 2.73. The molecule has 0 atom stereocenters. The standard InChI is InChI=1S/C17H18FNOS/c1-13-6-8-16(9-7-13)21-12-17(20)19(2)11-14-4-3-5-15(18)10-14/h3-10H,11-12H2,1-2H3. The number of rotatable bonds is 5. The Kier molecular flexibility index (Phi) is 5.39. The first-order chi connectivity index (χ1) is 10.0. The molecule has 0 aliphatic heterocycles. The molecule has 2 nitrogen and oxygen atoms in total. The maximum atomic E-state index is 13.1. The van der Waals surface area contributed by atoms with Crippen molar-refractivity contribution in [2.24, 2.45) is 0 Å². The van der Waals surface area contributed by atoms with Crippen molar-refractivity contribution in [2.75, 3.05) is 12.8 Å². The van der Waals surface area contributed by atoms with Gasteiger partial charge in [-0.1, -0.05) is 29.8 Å². The van der Waals surface area contributed by atoms with Crippen LogP contribution in [0, 0.1) is 12.7 Å². The van der Waals surface area contributed by atoms with Gasteiger partial charge in [-0.15, -0.1) is 11.8 Å². The van der Waals surface area contributed by atoms with E-state index in [-0.39, 0.29) is 11.7 Å². The van der Waals surface area contributed by atoms with E-state index in [1.807, 2.05) is 37.3 Å². The molecule has 0 unspecified atom stereocenters. The molecule has 0 saturated heterocycles. The first-order valence-electron chi connectivity index (χ1n) is 6.72. The Balaban J connectivity index is 1.86. The molecule has 0 spiro atoms. The van der Waals surface area contributed by atoms with E-state index < -0.39 is 0 Å². The molecule has 1 amide bonds. The Morgan fingerprint density at radius 2 is 1.90 bits per heavy atom. The minimum absolute atomic E-state index is 0.0323. The highest BCUT2D eigenvalue weighted by Crippen LogP contribution is 2.19. The van der Waals surface area contributed by atoms with Crippen LogP contribution in [0.15, 0.2) is 53.4 Å². The van der Waals surface area contributed by atoms with Crippen molar-refractivity contribution in [3.8, 4) is 0 Å². The van der Waals surface area contributed by atoms with E-state index in [2.05, 4.69) is 0 Å². The highest BCUT2D eigenvalue weighted by atomic mass is 32.2. The number of thioether (sulfide) groups is 1. The predicted octanol–water partition coefficient (Wildman–Crippen LogP) is 3.88. The maximum absolute atomic E-state index is 13.1. The molecule has 110 valence electrons. The normalized spacial score (nSPS) is 10.4. The number of carbonyl (C=O) groups excluding carboxylic acids is 1. The third-order valence-corrected chi connectivity index (χ3v) is 4.11. The molecule has 0 N–H and O–H groups in total. The third-order valence-electron chi connectivity index (χ3n) is 3.12. The van der Waals surface area contributed by atoms with E-state index in [4.69, 9.17) is 0 Å². The summed E-state index contributed by atoms with van der Waals surface area (Å²) >= 11 is 1.51. The first kappa shape index (κ1) is 15.6. The summed E-state index contributed by atoms with van der Waals surface area (Å²) in [6.45, 7) is 2.46. The van der Waals surface area contributed by atoms with Crippen LogP contribution in [-0.4, -0.2) is 23.6 Å². The van der Waals surface area contributed by atoms with Crippen molar-refractivity contribution in [2.45, 2.75) is 18.4 Å². The maximum Gasteiger partial charge on any atom is 0.232 e. The van der Waals surface area contributed by atoms with Crippen molar-refractivity contribution >= 4 is 17.7 Å². The van der Waals surface area contributed by atoms with E-state index in [0.29, 0.717) is 12.3 Å². The number of aryl methyl sites for hydroxylation is 1. The van der Waals surface area contributed by atoms with E-state index in [9.17, 15) is 9.18 Å². The zero-order chi connectivity index (χ0) is 15.2. The summed E-state index contributed by atoms with van der Waals surface area (Å²) in [5.74, 6) is 0.140. The number of nitrogens with zero attached hydrogens (tertiary/aromatic N) is 1. The fraction of sp³-hybridized carbons (Fsp3) is 0.235. The predicted molar refractivity (Wildman–Crippen MR) is 84.8 cm³/mol. The van der Waals surface area contributed by atoms with Crippen LogP contribution in [0.4, 0.5) is 4.39 Å². The summed E-state index contributed by atoms with van der Waals surface area (Å²) in [4.78, 5) is 14.8. The quantitative estimate of drug-likeness (QED) is 0.781. The van der Waals surface area contributed by atoms with Gasteiger partial charge in [0.05, 0.1) is 5.75 Å². The molecule has 0 aliphatic carbocycles. The molecule has 2 rings (SSSR count). The van der Waals surface area contributed by atoms with Gasteiger partial charge in [0.2, 0.25) is 5.91 Å². The van der Waals surface area contributed by atoms with E-state index >= 15 is 0 Å². The average molecular weight is 303 g/mol. The van der Waals surface area contributed by atoms with Crippen molar-refractivity contribution in [1.82, 2.24) is 4.90 Å². The minimum Gasteiger partial charge on any atom is -0.341 e. The Bertz CT molecular complexity index is 612. The molecule has 0 heterocycles. The lowest BCUT2D eigenvalue weighted by Crippen LogP contribution is -2.27. The lowest BCUT2D eigenvalue weighted by molar-refractivity contribution is -0.127. The number of carbonyl (C=O) groups is 1. The molecule has 0 radical (unpaired) electrons. The number of halogens is 1. The number of hydrogen-bond donors (Lipinski definition) is 0. The molecule has 0 bridgehead atoms. The monoisotopic (exact) mass is 303 g/mol. The lowest BCUT2D eigenvalue weighted by atomic mass is 10.2.